The fourth-order valence-electron chi connectivity index (χ4n) is 4.24. The van der Waals surface area contributed by atoms with Crippen LogP contribution in [0.1, 0.15) is 52.1 Å². The van der Waals surface area contributed by atoms with Crippen LogP contribution >= 0.6 is 0 Å². The second kappa shape index (κ2) is 9.50. The Kier molecular flexibility index (Phi) is 6.78. The zero-order valence-corrected chi connectivity index (χ0v) is 19.9. The average Bonchev–Trinajstić information content (AvgIpc) is 3.63. The summed E-state index contributed by atoms with van der Waals surface area (Å²) >= 11 is 0. The standard InChI is InChI=1S/C22H30F3N7O3/c1-21(2,3)35-20(34)28-18(17(13-4-5-13)14-6-7-14)19(33)27-15-8-26-31(9-15)10-16-11-32(30-29-16)12-22(23,24)25/h8-9,11,13-14,17-18H,4-7,10,12H2,1-3H3,(H,27,33)(H,28,34)/t18-/m0/s1. The maximum Gasteiger partial charge on any atom is 0.408 e. The van der Waals surface area contributed by atoms with E-state index in [9.17, 15) is 22.8 Å². The summed E-state index contributed by atoms with van der Waals surface area (Å²) in [6.07, 6.45) is 3.30. The van der Waals surface area contributed by atoms with Crippen molar-refractivity contribution in [3.63, 3.8) is 0 Å². The Morgan fingerprint density at radius 3 is 2.34 bits per heavy atom. The Morgan fingerprint density at radius 2 is 1.77 bits per heavy atom. The number of nitrogens with one attached hydrogen (secondary N) is 2. The lowest BCUT2D eigenvalue weighted by molar-refractivity contribution is -0.142. The molecule has 2 aromatic rings. The van der Waals surface area contributed by atoms with Crippen molar-refractivity contribution in [3.8, 4) is 0 Å². The summed E-state index contributed by atoms with van der Waals surface area (Å²) in [6, 6.07) is -0.740. The Balaban J connectivity index is 1.41. The smallest absolute Gasteiger partial charge is 0.408 e. The lowest BCUT2D eigenvalue weighted by Gasteiger charge is -2.28. The van der Waals surface area contributed by atoms with Crippen LogP contribution in [0.25, 0.3) is 0 Å². The fraction of sp³-hybridized carbons (Fsp3) is 0.682. The molecule has 0 saturated heterocycles. The topological polar surface area (TPSA) is 116 Å². The Hall–Kier alpha value is -3.12. The van der Waals surface area contributed by atoms with Crippen molar-refractivity contribution in [3.05, 3.63) is 24.3 Å². The molecule has 2 heterocycles. The number of aromatic nitrogens is 5. The molecule has 2 aromatic heterocycles. The molecule has 2 aliphatic carbocycles. The quantitative estimate of drug-likeness (QED) is 0.549. The molecule has 4 rings (SSSR count). The number of amides is 2. The SMILES string of the molecule is CC(C)(C)OC(=O)N[C@H](C(=O)Nc1cnn(Cc2cn(CC(F)(F)F)nn2)c1)C(C1CC1)C1CC1. The normalized spacial score (nSPS) is 17.3. The minimum absolute atomic E-state index is 0.0428. The molecule has 2 aliphatic rings. The number of alkyl halides is 3. The van der Waals surface area contributed by atoms with Gasteiger partial charge in [-0.05, 0) is 64.2 Å². The summed E-state index contributed by atoms with van der Waals surface area (Å²) in [7, 11) is 0. The van der Waals surface area contributed by atoms with E-state index in [1.807, 2.05) is 0 Å². The molecule has 0 spiro atoms. The highest BCUT2D eigenvalue weighted by molar-refractivity contribution is 5.96. The maximum atomic E-state index is 13.3. The van der Waals surface area contributed by atoms with E-state index in [1.165, 1.54) is 17.1 Å². The average molecular weight is 498 g/mol. The van der Waals surface area contributed by atoms with Gasteiger partial charge in [-0.3, -0.25) is 9.48 Å². The third-order valence-electron chi connectivity index (χ3n) is 5.82. The lowest BCUT2D eigenvalue weighted by Crippen LogP contribution is -2.51. The van der Waals surface area contributed by atoms with Gasteiger partial charge in [-0.2, -0.15) is 18.3 Å². The van der Waals surface area contributed by atoms with E-state index < -0.39 is 30.5 Å². The van der Waals surface area contributed by atoms with E-state index in [-0.39, 0.29) is 18.4 Å². The summed E-state index contributed by atoms with van der Waals surface area (Å²) in [4.78, 5) is 25.8. The van der Waals surface area contributed by atoms with Gasteiger partial charge in [-0.15, -0.1) is 5.10 Å². The molecule has 0 aromatic carbocycles. The van der Waals surface area contributed by atoms with Crippen molar-refractivity contribution < 1.29 is 27.5 Å². The van der Waals surface area contributed by atoms with Gasteiger partial charge >= 0.3 is 12.3 Å². The number of hydrogen-bond acceptors (Lipinski definition) is 6. The summed E-state index contributed by atoms with van der Waals surface area (Å²) in [5.74, 6) is 0.488. The van der Waals surface area contributed by atoms with Crippen LogP contribution in [0, 0.1) is 17.8 Å². The van der Waals surface area contributed by atoms with E-state index in [0.717, 1.165) is 25.7 Å². The van der Waals surface area contributed by atoms with Gasteiger partial charge in [0.2, 0.25) is 5.91 Å². The monoisotopic (exact) mass is 497 g/mol. The van der Waals surface area contributed by atoms with Gasteiger partial charge in [0.25, 0.3) is 0 Å². The molecule has 0 bridgehead atoms. The van der Waals surface area contributed by atoms with Crippen molar-refractivity contribution in [1.82, 2.24) is 30.1 Å². The molecule has 0 unspecified atom stereocenters. The zero-order chi connectivity index (χ0) is 25.4. The van der Waals surface area contributed by atoms with Crippen LogP contribution in [0.3, 0.4) is 0 Å². The van der Waals surface area contributed by atoms with Crippen LogP contribution in [0.15, 0.2) is 18.6 Å². The van der Waals surface area contributed by atoms with Crippen molar-refractivity contribution in [2.75, 3.05) is 5.32 Å². The van der Waals surface area contributed by atoms with Gasteiger partial charge in [0.15, 0.2) is 0 Å². The molecule has 2 amide bonds. The van der Waals surface area contributed by atoms with E-state index in [0.29, 0.717) is 27.9 Å². The van der Waals surface area contributed by atoms with Crippen molar-refractivity contribution in [2.45, 2.75) is 77.4 Å². The molecule has 2 N–H and O–H groups in total. The molecule has 0 radical (unpaired) electrons. The summed E-state index contributed by atoms with van der Waals surface area (Å²) in [6.45, 7) is 4.14. The number of rotatable bonds is 9. The van der Waals surface area contributed by atoms with Crippen LogP contribution in [-0.4, -0.2) is 54.6 Å². The number of nitrogens with zero attached hydrogens (tertiary/aromatic N) is 5. The maximum absolute atomic E-state index is 13.3. The first kappa shape index (κ1) is 25.0. The number of anilines is 1. The largest absolute Gasteiger partial charge is 0.444 e. The minimum Gasteiger partial charge on any atom is -0.444 e. The number of hydrogen-bond donors (Lipinski definition) is 2. The molecule has 1 atom stereocenters. The summed E-state index contributed by atoms with van der Waals surface area (Å²) in [5.41, 5.74) is 0.00398. The van der Waals surface area contributed by atoms with Crippen molar-refractivity contribution in [2.24, 2.45) is 17.8 Å². The Bertz CT molecular complexity index is 1040. The summed E-state index contributed by atoms with van der Waals surface area (Å²) < 4.78 is 45.1. The van der Waals surface area contributed by atoms with Gasteiger partial charge in [0.1, 0.15) is 23.9 Å². The second-order valence-electron chi connectivity index (χ2n) is 10.3. The van der Waals surface area contributed by atoms with E-state index in [2.05, 4.69) is 26.0 Å². The van der Waals surface area contributed by atoms with Crippen LogP contribution in [0.4, 0.5) is 23.7 Å². The molecule has 2 saturated carbocycles. The first-order valence-electron chi connectivity index (χ1n) is 11.6. The second-order valence-corrected chi connectivity index (χ2v) is 10.3. The molecule has 13 heteroatoms. The van der Waals surface area contributed by atoms with Crippen LogP contribution in [-0.2, 0) is 22.6 Å². The Morgan fingerprint density at radius 1 is 1.11 bits per heavy atom. The van der Waals surface area contributed by atoms with Gasteiger partial charge in [0, 0.05) is 6.20 Å². The molecule has 35 heavy (non-hydrogen) atoms. The van der Waals surface area contributed by atoms with Crippen molar-refractivity contribution in [1.29, 1.82) is 0 Å². The van der Waals surface area contributed by atoms with Gasteiger partial charge < -0.3 is 15.4 Å². The van der Waals surface area contributed by atoms with Crippen LogP contribution in [0.2, 0.25) is 0 Å². The minimum atomic E-state index is -4.39. The predicted molar refractivity (Wildman–Crippen MR) is 118 cm³/mol. The van der Waals surface area contributed by atoms with Crippen LogP contribution in [0.5, 0.6) is 0 Å². The number of alkyl carbamates (subject to hydrolysis) is 1. The molecule has 192 valence electrons. The number of ether oxygens (including phenoxy) is 1. The molecule has 10 nitrogen and oxygen atoms in total. The lowest BCUT2D eigenvalue weighted by atomic mass is 9.89. The summed E-state index contributed by atoms with van der Waals surface area (Å²) in [5, 5.41) is 17.0. The third kappa shape index (κ3) is 7.43. The predicted octanol–water partition coefficient (Wildman–Crippen LogP) is 3.35. The number of halogens is 3. The van der Waals surface area contributed by atoms with E-state index >= 15 is 0 Å². The third-order valence-corrected chi connectivity index (χ3v) is 5.82. The molecular weight excluding hydrogens is 467 g/mol. The molecule has 2 fully saturated rings. The van der Waals surface area contributed by atoms with E-state index in [1.54, 1.807) is 27.0 Å². The highest BCUT2D eigenvalue weighted by atomic mass is 19.4. The van der Waals surface area contributed by atoms with Gasteiger partial charge in [0.05, 0.1) is 24.6 Å². The molecular formula is C22H30F3N7O3. The molecule has 0 aliphatic heterocycles. The first-order chi connectivity index (χ1) is 16.4. The van der Waals surface area contributed by atoms with Crippen LogP contribution < -0.4 is 10.6 Å². The van der Waals surface area contributed by atoms with Crippen molar-refractivity contribution >= 4 is 17.7 Å². The first-order valence-corrected chi connectivity index (χ1v) is 11.6. The zero-order valence-electron chi connectivity index (χ0n) is 19.9. The number of carbonyl (C=O) groups excluding carboxylic acids is 2. The van der Waals surface area contributed by atoms with Gasteiger partial charge in [-0.25, -0.2) is 9.48 Å². The van der Waals surface area contributed by atoms with Gasteiger partial charge in [-0.1, -0.05) is 5.21 Å². The highest BCUT2D eigenvalue weighted by Crippen LogP contribution is 2.50. The highest BCUT2D eigenvalue weighted by Gasteiger charge is 2.48. The number of carbonyl (C=O) groups is 2. The fourth-order valence-corrected chi connectivity index (χ4v) is 4.24. The Labute approximate surface area is 200 Å². The van der Waals surface area contributed by atoms with E-state index in [4.69, 9.17) is 4.74 Å².